The van der Waals surface area contributed by atoms with Gasteiger partial charge in [0.05, 0.1) is 11.3 Å². The van der Waals surface area contributed by atoms with Gasteiger partial charge in [0.1, 0.15) is 12.4 Å². The number of ether oxygens (including phenoxy) is 1. The van der Waals surface area contributed by atoms with Gasteiger partial charge >= 0.3 is 5.97 Å². The number of hydrogen-bond acceptors (Lipinski definition) is 6. The van der Waals surface area contributed by atoms with Crippen LogP contribution in [0.15, 0.2) is 34.6 Å². The van der Waals surface area contributed by atoms with Crippen molar-refractivity contribution in [2.75, 3.05) is 0 Å². The van der Waals surface area contributed by atoms with Gasteiger partial charge in [-0.2, -0.15) is 0 Å². The van der Waals surface area contributed by atoms with Crippen LogP contribution in [-0.4, -0.2) is 20.5 Å². The van der Waals surface area contributed by atoms with Crippen molar-refractivity contribution in [1.82, 2.24) is 9.38 Å². The van der Waals surface area contributed by atoms with Gasteiger partial charge in [-0.1, -0.05) is 41.5 Å². The molecule has 1 aromatic carbocycles. The third-order valence-electron chi connectivity index (χ3n) is 4.67. The molecule has 0 radical (unpaired) electrons. The van der Waals surface area contributed by atoms with Crippen LogP contribution in [0.2, 0.25) is 0 Å². The average molecular weight is 415 g/mol. The van der Waals surface area contributed by atoms with Crippen LogP contribution in [0, 0.1) is 0 Å². The molecule has 0 aliphatic rings. The van der Waals surface area contributed by atoms with E-state index in [0.29, 0.717) is 27.3 Å². The molecule has 1 N–H and O–H groups in total. The lowest BCUT2D eigenvalue weighted by molar-refractivity contribution is 0.0467. The number of aromatic hydroxyl groups is 1. The van der Waals surface area contributed by atoms with Crippen LogP contribution >= 0.6 is 11.3 Å². The number of fused-ring (bicyclic) bond motifs is 1. The summed E-state index contributed by atoms with van der Waals surface area (Å²) in [6, 6.07) is 4.72. The first-order valence-corrected chi connectivity index (χ1v) is 10.3. The molecule has 0 bridgehead atoms. The van der Waals surface area contributed by atoms with Crippen molar-refractivity contribution in [3.63, 3.8) is 0 Å². The van der Waals surface area contributed by atoms with E-state index in [2.05, 4.69) is 4.98 Å². The van der Waals surface area contributed by atoms with Gasteiger partial charge in [-0.15, -0.1) is 11.3 Å². The zero-order valence-corrected chi connectivity index (χ0v) is 18.4. The Morgan fingerprint density at radius 2 is 1.69 bits per heavy atom. The molecule has 0 fully saturated rings. The first kappa shape index (κ1) is 21.0. The lowest BCUT2D eigenvalue weighted by atomic mass is 9.78. The topological polar surface area (TPSA) is 80.9 Å². The third-order valence-corrected chi connectivity index (χ3v) is 5.43. The van der Waals surface area contributed by atoms with Gasteiger partial charge in [0.2, 0.25) is 0 Å². The smallest absolute Gasteiger partial charge is 0.338 e. The summed E-state index contributed by atoms with van der Waals surface area (Å²) in [6.07, 6.45) is 1.66. The first-order valence-electron chi connectivity index (χ1n) is 9.39. The zero-order chi connectivity index (χ0) is 21.6. The molecule has 7 heteroatoms. The molecule has 0 aliphatic carbocycles. The summed E-state index contributed by atoms with van der Waals surface area (Å²) in [5.41, 5.74) is 1.24. The molecule has 0 unspecified atom stereocenters. The molecule has 0 saturated heterocycles. The predicted octanol–water partition coefficient (Wildman–Crippen LogP) is 4.41. The van der Waals surface area contributed by atoms with E-state index in [1.807, 2.05) is 41.5 Å². The maximum atomic E-state index is 12.8. The number of hydrogen-bond donors (Lipinski definition) is 1. The molecule has 0 saturated carbocycles. The Balaban J connectivity index is 1.92. The van der Waals surface area contributed by atoms with E-state index in [9.17, 15) is 14.7 Å². The van der Waals surface area contributed by atoms with Crippen LogP contribution < -0.4 is 5.56 Å². The lowest BCUT2D eigenvalue weighted by Gasteiger charge is -2.27. The molecule has 0 spiro atoms. The third kappa shape index (κ3) is 4.34. The Morgan fingerprint density at radius 1 is 1.10 bits per heavy atom. The first-order chi connectivity index (χ1) is 13.4. The maximum absolute atomic E-state index is 12.8. The van der Waals surface area contributed by atoms with Crippen molar-refractivity contribution in [2.24, 2.45) is 0 Å². The fraction of sp³-hybridized carbons (Fsp3) is 0.409. The molecule has 154 valence electrons. The van der Waals surface area contributed by atoms with Gasteiger partial charge < -0.3 is 9.84 Å². The van der Waals surface area contributed by atoms with Crippen LogP contribution in [0.5, 0.6) is 5.75 Å². The summed E-state index contributed by atoms with van der Waals surface area (Å²) in [5.74, 6) is -0.312. The number of benzene rings is 1. The monoisotopic (exact) mass is 414 g/mol. The Hall–Kier alpha value is -2.67. The SMILES string of the molecule is CC(C)(C)c1cc(C(=O)OCc2cc(=O)n3ccsc3n2)cc(C(C)(C)C)c1O. The van der Waals surface area contributed by atoms with Crippen molar-refractivity contribution < 1.29 is 14.6 Å². The molecule has 0 amide bonds. The van der Waals surface area contributed by atoms with Crippen molar-refractivity contribution in [1.29, 1.82) is 0 Å². The standard InChI is InChI=1S/C22H26N2O4S/c1-21(2,3)15-9-13(10-16(18(15)26)22(4,5)6)19(27)28-12-14-11-17(25)24-7-8-29-20(24)23-14/h7-11,26H,12H2,1-6H3. The van der Waals surface area contributed by atoms with Gasteiger partial charge in [0, 0.05) is 28.8 Å². The molecular weight excluding hydrogens is 388 g/mol. The summed E-state index contributed by atoms with van der Waals surface area (Å²) in [6.45, 7) is 11.8. The second kappa shape index (κ2) is 7.30. The number of carbonyl (C=O) groups excluding carboxylic acids is 1. The Labute approximate surface area is 173 Å². The maximum Gasteiger partial charge on any atom is 0.338 e. The largest absolute Gasteiger partial charge is 0.507 e. The summed E-state index contributed by atoms with van der Waals surface area (Å²) in [5, 5.41) is 12.6. The molecule has 0 atom stereocenters. The predicted molar refractivity (Wildman–Crippen MR) is 114 cm³/mol. The number of esters is 1. The molecule has 2 aromatic heterocycles. The summed E-state index contributed by atoms with van der Waals surface area (Å²) >= 11 is 1.34. The number of phenols is 1. The number of rotatable bonds is 3. The number of aromatic nitrogens is 2. The fourth-order valence-electron chi connectivity index (χ4n) is 3.08. The molecule has 2 heterocycles. The molecule has 3 rings (SSSR count). The number of phenolic OH excluding ortho intramolecular Hbond substituents is 1. The van der Waals surface area contributed by atoms with E-state index in [0.717, 1.165) is 0 Å². The second-order valence-corrected chi connectivity index (χ2v) is 10.0. The van der Waals surface area contributed by atoms with Gasteiger partial charge in [-0.3, -0.25) is 9.20 Å². The minimum absolute atomic E-state index is 0.0982. The van der Waals surface area contributed by atoms with Crippen molar-refractivity contribution in [2.45, 2.75) is 59.0 Å². The quantitative estimate of drug-likeness (QED) is 0.642. The molecule has 3 aromatic rings. The minimum atomic E-state index is -0.519. The van der Waals surface area contributed by atoms with Crippen LogP contribution in [0.1, 0.15) is 68.7 Å². The van der Waals surface area contributed by atoms with Crippen LogP contribution in [0.3, 0.4) is 0 Å². The van der Waals surface area contributed by atoms with E-state index in [1.54, 1.807) is 23.7 Å². The second-order valence-electron chi connectivity index (χ2n) is 9.14. The number of nitrogens with zero attached hydrogens (tertiary/aromatic N) is 2. The lowest BCUT2D eigenvalue weighted by Crippen LogP contribution is -2.19. The highest BCUT2D eigenvalue weighted by molar-refractivity contribution is 7.15. The summed E-state index contributed by atoms with van der Waals surface area (Å²) in [4.78, 5) is 29.8. The van der Waals surface area contributed by atoms with Gasteiger partial charge in [0.25, 0.3) is 5.56 Å². The molecular formula is C22H26N2O4S. The Morgan fingerprint density at radius 3 is 2.24 bits per heavy atom. The van der Waals surface area contributed by atoms with Crippen LogP contribution in [0.25, 0.3) is 4.96 Å². The fourth-order valence-corrected chi connectivity index (χ4v) is 3.82. The van der Waals surface area contributed by atoms with Crippen LogP contribution in [0.4, 0.5) is 0 Å². The number of carbonyl (C=O) groups is 1. The minimum Gasteiger partial charge on any atom is -0.507 e. The van der Waals surface area contributed by atoms with Crippen molar-refractivity contribution in [3.8, 4) is 5.75 Å². The Bertz CT molecular complexity index is 1100. The van der Waals surface area contributed by atoms with E-state index in [-0.39, 0.29) is 28.7 Å². The van der Waals surface area contributed by atoms with E-state index < -0.39 is 5.97 Å². The van der Waals surface area contributed by atoms with E-state index in [1.165, 1.54) is 21.8 Å². The van der Waals surface area contributed by atoms with Gasteiger partial charge in [0.15, 0.2) is 4.96 Å². The van der Waals surface area contributed by atoms with E-state index in [4.69, 9.17) is 4.74 Å². The number of thiazole rings is 1. The van der Waals surface area contributed by atoms with Gasteiger partial charge in [-0.05, 0) is 23.0 Å². The van der Waals surface area contributed by atoms with Crippen molar-refractivity contribution in [3.05, 3.63) is 62.5 Å². The average Bonchev–Trinajstić information content (AvgIpc) is 3.07. The molecule has 6 nitrogen and oxygen atoms in total. The van der Waals surface area contributed by atoms with E-state index >= 15 is 0 Å². The van der Waals surface area contributed by atoms with Crippen LogP contribution in [-0.2, 0) is 22.2 Å². The Kier molecular flexibility index (Phi) is 5.30. The summed E-state index contributed by atoms with van der Waals surface area (Å²) in [7, 11) is 0. The van der Waals surface area contributed by atoms with Crippen molar-refractivity contribution >= 4 is 22.3 Å². The highest BCUT2D eigenvalue weighted by atomic mass is 32.1. The van der Waals surface area contributed by atoms with Gasteiger partial charge in [-0.25, -0.2) is 9.78 Å². The molecule has 0 aliphatic heterocycles. The summed E-state index contributed by atoms with van der Waals surface area (Å²) < 4.78 is 6.89. The highest BCUT2D eigenvalue weighted by Crippen LogP contribution is 2.39. The normalized spacial score (nSPS) is 12.3. The zero-order valence-electron chi connectivity index (χ0n) is 17.6. The highest BCUT2D eigenvalue weighted by Gasteiger charge is 2.28. The molecule has 29 heavy (non-hydrogen) atoms.